The zero-order valence-corrected chi connectivity index (χ0v) is 5.62. The lowest BCUT2D eigenvalue weighted by molar-refractivity contribution is 0.187. The fraction of sp³-hybridized carbons (Fsp3) is 1.00. The van der Waals surface area contributed by atoms with Crippen molar-refractivity contribution < 1.29 is 4.74 Å². The molecule has 50 valence electrons. The summed E-state index contributed by atoms with van der Waals surface area (Å²) < 4.78 is 5.07. The second kappa shape index (κ2) is 4.13. The summed E-state index contributed by atoms with van der Waals surface area (Å²) in [4.78, 5) is 0. The molecule has 8 heavy (non-hydrogen) atoms. The van der Waals surface area contributed by atoms with Gasteiger partial charge in [0.1, 0.15) is 0 Å². The number of ether oxygens (including phenoxy) is 1. The molecule has 0 amide bonds. The van der Waals surface area contributed by atoms with E-state index in [0.29, 0.717) is 5.92 Å². The van der Waals surface area contributed by atoms with Crippen LogP contribution in [0.15, 0.2) is 0 Å². The van der Waals surface area contributed by atoms with Crippen molar-refractivity contribution in [1.29, 1.82) is 0 Å². The lowest BCUT2D eigenvalue weighted by Gasteiger charge is -1.97. The van der Waals surface area contributed by atoms with Crippen LogP contribution in [0, 0.1) is 5.92 Å². The van der Waals surface area contributed by atoms with Gasteiger partial charge in [-0.1, -0.05) is 0 Å². The Balaban J connectivity index is 0.000000490. The van der Waals surface area contributed by atoms with Crippen molar-refractivity contribution >= 4 is 12.4 Å². The summed E-state index contributed by atoms with van der Waals surface area (Å²) in [5.74, 6) is 0.653. The maximum Gasteiger partial charge on any atom is 0.0507 e. The van der Waals surface area contributed by atoms with Gasteiger partial charge in [-0.05, 0) is 18.9 Å². The summed E-state index contributed by atoms with van der Waals surface area (Å²) in [5, 5.41) is 0. The van der Waals surface area contributed by atoms with Crippen LogP contribution in [0.5, 0.6) is 0 Å². The second-order valence-corrected chi connectivity index (χ2v) is 1.97. The molecule has 1 rings (SSSR count). The number of halogens is 1. The van der Waals surface area contributed by atoms with Gasteiger partial charge in [0.15, 0.2) is 0 Å². The van der Waals surface area contributed by atoms with Crippen molar-refractivity contribution in [2.75, 3.05) is 19.8 Å². The Kier molecular flexibility index (Phi) is 4.23. The first-order chi connectivity index (χ1) is 3.43. The third-order valence-corrected chi connectivity index (χ3v) is 1.36. The van der Waals surface area contributed by atoms with Crippen LogP contribution < -0.4 is 5.73 Å². The van der Waals surface area contributed by atoms with E-state index >= 15 is 0 Å². The van der Waals surface area contributed by atoms with E-state index in [4.69, 9.17) is 10.5 Å². The van der Waals surface area contributed by atoms with Crippen molar-refractivity contribution in [3.05, 3.63) is 0 Å². The summed E-state index contributed by atoms with van der Waals surface area (Å²) in [6.07, 6.45) is 1.16. The molecule has 1 aliphatic heterocycles. The predicted molar refractivity (Wildman–Crippen MR) is 35.2 cm³/mol. The van der Waals surface area contributed by atoms with Gasteiger partial charge in [-0.3, -0.25) is 0 Å². The normalized spacial score (nSPS) is 27.4. The molecule has 0 bridgehead atoms. The number of hydrogen-bond acceptors (Lipinski definition) is 2. The van der Waals surface area contributed by atoms with Crippen molar-refractivity contribution in [2.45, 2.75) is 6.42 Å². The molecule has 0 aromatic carbocycles. The molecule has 3 heteroatoms. The van der Waals surface area contributed by atoms with Gasteiger partial charge in [-0.15, -0.1) is 12.4 Å². The van der Waals surface area contributed by atoms with E-state index in [2.05, 4.69) is 0 Å². The molecular weight excluding hydrogens is 126 g/mol. The molecule has 0 spiro atoms. The minimum Gasteiger partial charge on any atom is -0.381 e. The molecular formula is C5H12ClNO. The number of hydrogen-bond donors (Lipinski definition) is 1. The third kappa shape index (κ3) is 1.99. The van der Waals surface area contributed by atoms with E-state index in [1.807, 2.05) is 0 Å². The van der Waals surface area contributed by atoms with Crippen LogP contribution in [-0.2, 0) is 4.74 Å². The van der Waals surface area contributed by atoms with E-state index < -0.39 is 0 Å². The molecule has 0 aromatic rings. The molecule has 0 unspecified atom stereocenters. The first-order valence-corrected chi connectivity index (χ1v) is 2.71. The van der Waals surface area contributed by atoms with Crippen LogP contribution in [-0.4, -0.2) is 19.8 Å². The van der Waals surface area contributed by atoms with Gasteiger partial charge in [0.05, 0.1) is 6.61 Å². The highest BCUT2D eigenvalue weighted by atomic mass is 35.5. The van der Waals surface area contributed by atoms with Crippen molar-refractivity contribution in [3.8, 4) is 0 Å². The molecule has 0 saturated carbocycles. The summed E-state index contributed by atoms with van der Waals surface area (Å²) >= 11 is 0. The Labute approximate surface area is 55.8 Å². The lowest BCUT2D eigenvalue weighted by atomic mass is 10.1. The van der Waals surface area contributed by atoms with Crippen LogP contribution in [0.2, 0.25) is 0 Å². The highest BCUT2D eigenvalue weighted by Crippen LogP contribution is 2.08. The lowest BCUT2D eigenvalue weighted by Crippen LogP contribution is -2.13. The molecule has 0 aliphatic carbocycles. The smallest absolute Gasteiger partial charge is 0.0507 e. The molecule has 1 heterocycles. The molecule has 1 saturated heterocycles. The van der Waals surface area contributed by atoms with Crippen molar-refractivity contribution in [3.63, 3.8) is 0 Å². The van der Waals surface area contributed by atoms with Crippen LogP contribution in [0.25, 0.3) is 0 Å². The molecule has 0 aromatic heterocycles. The first kappa shape index (κ1) is 8.21. The maximum absolute atomic E-state index is 5.35. The van der Waals surface area contributed by atoms with Crippen molar-refractivity contribution in [1.82, 2.24) is 0 Å². The molecule has 2 N–H and O–H groups in total. The topological polar surface area (TPSA) is 35.2 Å². The fourth-order valence-electron chi connectivity index (χ4n) is 0.769. The van der Waals surface area contributed by atoms with E-state index in [9.17, 15) is 0 Å². The molecule has 1 atom stereocenters. The first-order valence-electron chi connectivity index (χ1n) is 2.71. The largest absolute Gasteiger partial charge is 0.381 e. The molecule has 1 fully saturated rings. The van der Waals surface area contributed by atoms with E-state index in [0.717, 1.165) is 26.2 Å². The third-order valence-electron chi connectivity index (χ3n) is 1.36. The Hall–Kier alpha value is 0.210. The minimum absolute atomic E-state index is 0. The van der Waals surface area contributed by atoms with Crippen molar-refractivity contribution in [2.24, 2.45) is 11.7 Å². The Morgan fingerprint density at radius 3 is 2.62 bits per heavy atom. The van der Waals surface area contributed by atoms with Crippen LogP contribution in [0.1, 0.15) is 6.42 Å². The summed E-state index contributed by atoms with van der Waals surface area (Å²) in [5.41, 5.74) is 5.35. The van der Waals surface area contributed by atoms with Gasteiger partial charge in [0, 0.05) is 6.61 Å². The number of nitrogens with two attached hydrogens (primary N) is 1. The summed E-state index contributed by atoms with van der Waals surface area (Å²) in [6, 6.07) is 0. The standard InChI is InChI=1S/C5H11NO.ClH/c6-3-5-1-2-7-4-5;/h5H,1-4,6H2;1H/t5-;/m1./s1. The Morgan fingerprint density at radius 2 is 2.38 bits per heavy atom. The Morgan fingerprint density at radius 1 is 1.62 bits per heavy atom. The van der Waals surface area contributed by atoms with Crippen LogP contribution in [0.4, 0.5) is 0 Å². The highest BCUT2D eigenvalue weighted by Gasteiger charge is 2.12. The van der Waals surface area contributed by atoms with E-state index in [1.165, 1.54) is 0 Å². The van der Waals surface area contributed by atoms with Gasteiger partial charge >= 0.3 is 0 Å². The SMILES string of the molecule is Cl.NC[C@H]1CCOC1. The quantitative estimate of drug-likeness (QED) is 0.568. The molecule has 2 nitrogen and oxygen atoms in total. The van der Waals surface area contributed by atoms with Crippen LogP contribution >= 0.6 is 12.4 Å². The monoisotopic (exact) mass is 137 g/mol. The average Bonchev–Trinajstić information content (AvgIpc) is 2.14. The molecule has 1 aliphatic rings. The van der Waals surface area contributed by atoms with E-state index in [1.54, 1.807) is 0 Å². The summed E-state index contributed by atoms with van der Waals surface area (Å²) in [6.45, 7) is 2.60. The highest BCUT2D eigenvalue weighted by molar-refractivity contribution is 5.85. The van der Waals surface area contributed by atoms with Gasteiger partial charge in [0.25, 0.3) is 0 Å². The number of rotatable bonds is 1. The average molecular weight is 138 g/mol. The zero-order chi connectivity index (χ0) is 5.11. The maximum atomic E-state index is 5.35. The zero-order valence-electron chi connectivity index (χ0n) is 4.80. The second-order valence-electron chi connectivity index (χ2n) is 1.97. The van der Waals surface area contributed by atoms with Gasteiger partial charge in [-0.2, -0.15) is 0 Å². The van der Waals surface area contributed by atoms with Gasteiger partial charge in [0.2, 0.25) is 0 Å². The predicted octanol–water partition coefficient (Wildman–Crippen LogP) is 0.403. The van der Waals surface area contributed by atoms with Gasteiger partial charge in [-0.25, -0.2) is 0 Å². The fourth-order valence-corrected chi connectivity index (χ4v) is 0.769. The van der Waals surface area contributed by atoms with E-state index in [-0.39, 0.29) is 12.4 Å². The van der Waals surface area contributed by atoms with Crippen LogP contribution in [0.3, 0.4) is 0 Å². The Bertz CT molecular complexity index is 54.4. The molecule has 0 radical (unpaired) electrons. The minimum atomic E-state index is 0. The van der Waals surface area contributed by atoms with Gasteiger partial charge < -0.3 is 10.5 Å². The summed E-state index contributed by atoms with van der Waals surface area (Å²) in [7, 11) is 0.